The molecule has 3 N–H and O–H groups in total. The molecule has 0 atom stereocenters. The van der Waals surface area contributed by atoms with E-state index in [-0.39, 0.29) is 11.7 Å². The molecule has 0 unspecified atom stereocenters. The van der Waals surface area contributed by atoms with Crippen molar-refractivity contribution in [1.82, 2.24) is 0 Å². The molecule has 0 spiro atoms. The first-order valence-corrected chi connectivity index (χ1v) is 6.87. The topological polar surface area (TPSA) is 53.1 Å². The molecule has 0 radical (unpaired) electrons. The van der Waals surface area contributed by atoms with E-state index in [9.17, 15) is 4.39 Å². The minimum Gasteiger partial charge on any atom is -0.384 e. The van der Waals surface area contributed by atoms with Crippen LogP contribution in [0.4, 0.5) is 10.1 Å². The van der Waals surface area contributed by atoms with Crippen molar-refractivity contribution >= 4 is 27.5 Å². The molecule has 104 valence electrons. The van der Waals surface area contributed by atoms with Gasteiger partial charge in [-0.1, -0.05) is 12.1 Å². The predicted octanol–water partition coefficient (Wildman–Crippen LogP) is 3.51. The summed E-state index contributed by atoms with van der Waals surface area (Å²) >= 11 is 3.27. The molecule has 2 rings (SSSR count). The molecule has 0 aliphatic carbocycles. The van der Waals surface area contributed by atoms with Crippen molar-refractivity contribution in [1.29, 1.82) is 5.41 Å². The minimum atomic E-state index is -0.261. The van der Waals surface area contributed by atoms with Crippen LogP contribution in [0.15, 0.2) is 46.9 Å². The summed E-state index contributed by atoms with van der Waals surface area (Å²) in [5, 5.41) is 7.36. The number of hydrogen-bond donors (Lipinski definition) is 2. The fourth-order valence-corrected chi connectivity index (χ4v) is 2.30. The van der Waals surface area contributed by atoms with Crippen molar-refractivity contribution in [2.45, 2.75) is 6.54 Å². The number of hydrogen-bond acceptors (Lipinski definition) is 2. The van der Waals surface area contributed by atoms with Crippen molar-refractivity contribution in [3.8, 4) is 0 Å². The van der Waals surface area contributed by atoms with Crippen LogP contribution in [0.2, 0.25) is 0 Å². The van der Waals surface area contributed by atoms with Crippen molar-refractivity contribution in [3.05, 3.63) is 63.9 Å². The van der Waals surface area contributed by atoms with Crippen LogP contribution >= 0.6 is 15.9 Å². The van der Waals surface area contributed by atoms with Crippen molar-refractivity contribution in [3.63, 3.8) is 0 Å². The van der Waals surface area contributed by atoms with E-state index >= 15 is 0 Å². The Morgan fingerprint density at radius 1 is 1.25 bits per heavy atom. The highest BCUT2D eigenvalue weighted by Crippen LogP contribution is 2.23. The Morgan fingerprint density at radius 3 is 2.50 bits per heavy atom. The molecule has 0 aliphatic heterocycles. The first-order valence-electron chi connectivity index (χ1n) is 6.07. The van der Waals surface area contributed by atoms with E-state index < -0.39 is 0 Å². The number of nitrogens with zero attached hydrogens (tertiary/aromatic N) is 1. The van der Waals surface area contributed by atoms with E-state index in [1.165, 1.54) is 6.07 Å². The molecule has 0 amide bonds. The van der Waals surface area contributed by atoms with Gasteiger partial charge < -0.3 is 10.6 Å². The molecule has 5 heteroatoms. The summed E-state index contributed by atoms with van der Waals surface area (Å²) in [6, 6.07) is 12.4. The van der Waals surface area contributed by atoms with Gasteiger partial charge in [-0.05, 0) is 51.8 Å². The highest BCUT2D eigenvalue weighted by Gasteiger charge is 2.08. The lowest BCUT2D eigenvalue weighted by molar-refractivity contribution is 0.617. The molecule has 0 aromatic heterocycles. The Balaban J connectivity index is 2.17. The Labute approximate surface area is 125 Å². The SMILES string of the molecule is CN(Cc1cccc(F)c1Br)c1ccc(C(=N)N)cc1. The summed E-state index contributed by atoms with van der Waals surface area (Å²) in [6.07, 6.45) is 0. The van der Waals surface area contributed by atoms with Crippen LogP contribution in [0.3, 0.4) is 0 Å². The molecule has 3 nitrogen and oxygen atoms in total. The molecule has 0 bridgehead atoms. The molecule has 0 aliphatic rings. The third-order valence-electron chi connectivity index (χ3n) is 3.06. The summed E-state index contributed by atoms with van der Waals surface area (Å²) < 4.78 is 14.0. The van der Waals surface area contributed by atoms with Gasteiger partial charge >= 0.3 is 0 Å². The maximum atomic E-state index is 13.5. The van der Waals surface area contributed by atoms with E-state index in [0.29, 0.717) is 16.6 Å². The molecule has 2 aromatic rings. The summed E-state index contributed by atoms with van der Waals surface area (Å²) in [5.74, 6) is -0.213. The molecule has 0 saturated heterocycles. The Morgan fingerprint density at radius 2 is 1.90 bits per heavy atom. The van der Waals surface area contributed by atoms with Gasteiger partial charge in [0.15, 0.2) is 0 Å². The Kier molecular flexibility index (Phi) is 4.39. The van der Waals surface area contributed by atoms with Crippen LogP contribution in [0, 0.1) is 11.2 Å². The summed E-state index contributed by atoms with van der Waals surface area (Å²) in [4.78, 5) is 2.00. The molecule has 2 aromatic carbocycles. The highest BCUT2D eigenvalue weighted by molar-refractivity contribution is 9.10. The normalized spacial score (nSPS) is 10.3. The van der Waals surface area contributed by atoms with Crippen LogP contribution in [0.5, 0.6) is 0 Å². The first kappa shape index (κ1) is 14.5. The van der Waals surface area contributed by atoms with Gasteiger partial charge in [-0.25, -0.2) is 4.39 Å². The van der Waals surface area contributed by atoms with E-state index in [1.807, 2.05) is 30.1 Å². The summed E-state index contributed by atoms with van der Waals surface area (Å²) in [6.45, 7) is 0.581. The maximum absolute atomic E-state index is 13.5. The second-order valence-corrected chi connectivity index (χ2v) is 5.32. The average molecular weight is 336 g/mol. The molecule has 0 fully saturated rings. The quantitative estimate of drug-likeness (QED) is 0.663. The minimum absolute atomic E-state index is 0.0482. The zero-order valence-electron chi connectivity index (χ0n) is 11.0. The first-order chi connectivity index (χ1) is 9.49. The third kappa shape index (κ3) is 3.17. The van der Waals surface area contributed by atoms with Gasteiger partial charge in [0.25, 0.3) is 0 Å². The van der Waals surface area contributed by atoms with E-state index in [2.05, 4.69) is 15.9 Å². The van der Waals surface area contributed by atoms with Gasteiger partial charge in [-0.15, -0.1) is 0 Å². The Hall–Kier alpha value is -1.88. The van der Waals surface area contributed by atoms with Crippen LogP contribution in [0.25, 0.3) is 0 Å². The average Bonchev–Trinajstić information content (AvgIpc) is 2.44. The van der Waals surface area contributed by atoms with Gasteiger partial charge in [-0.2, -0.15) is 0 Å². The third-order valence-corrected chi connectivity index (χ3v) is 3.95. The number of nitrogen functional groups attached to an aromatic ring is 1. The lowest BCUT2D eigenvalue weighted by Gasteiger charge is -2.20. The Bertz CT molecular complexity index is 626. The largest absolute Gasteiger partial charge is 0.384 e. The van der Waals surface area contributed by atoms with Gasteiger partial charge in [0, 0.05) is 24.8 Å². The second-order valence-electron chi connectivity index (χ2n) is 4.53. The standard InChI is InChI=1S/C15H15BrFN3/c1-20(9-11-3-2-4-13(17)14(11)16)12-7-5-10(6-8-12)15(18)19/h2-8H,9H2,1H3,(H3,18,19). The lowest BCUT2D eigenvalue weighted by Crippen LogP contribution is -2.17. The monoisotopic (exact) mass is 335 g/mol. The van der Waals surface area contributed by atoms with Crippen LogP contribution in [0.1, 0.15) is 11.1 Å². The number of amidine groups is 1. The maximum Gasteiger partial charge on any atom is 0.137 e. The van der Waals surface area contributed by atoms with Crippen molar-refractivity contribution in [2.24, 2.45) is 5.73 Å². The summed E-state index contributed by atoms with van der Waals surface area (Å²) in [5.41, 5.74) is 7.97. The number of rotatable bonds is 4. The second kappa shape index (κ2) is 6.05. The highest BCUT2D eigenvalue weighted by atomic mass is 79.9. The molecule has 0 saturated carbocycles. The number of anilines is 1. The number of benzene rings is 2. The fourth-order valence-electron chi connectivity index (χ4n) is 1.91. The molecular formula is C15H15BrFN3. The lowest BCUT2D eigenvalue weighted by atomic mass is 10.1. The van der Waals surface area contributed by atoms with Crippen LogP contribution < -0.4 is 10.6 Å². The van der Waals surface area contributed by atoms with Crippen molar-refractivity contribution < 1.29 is 4.39 Å². The zero-order valence-corrected chi connectivity index (χ0v) is 12.6. The molecule has 0 heterocycles. The van der Waals surface area contributed by atoms with Gasteiger partial charge in [-0.3, -0.25) is 5.41 Å². The van der Waals surface area contributed by atoms with Gasteiger partial charge in [0.05, 0.1) is 4.47 Å². The van der Waals surface area contributed by atoms with E-state index in [4.69, 9.17) is 11.1 Å². The zero-order chi connectivity index (χ0) is 14.7. The van der Waals surface area contributed by atoms with Gasteiger partial charge in [0.2, 0.25) is 0 Å². The number of nitrogens with two attached hydrogens (primary N) is 1. The van der Waals surface area contributed by atoms with Crippen LogP contribution in [-0.4, -0.2) is 12.9 Å². The number of nitrogens with one attached hydrogen (secondary N) is 1. The molecular weight excluding hydrogens is 321 g/mol. The fraction of sp³-hybridized carbons (Fsp3) is 0.133. The van der Waals surface area contributed by atoms with E-state index in [0.717, 1.165) is 11.3 Å². The molecule has 20 heavy (non-hydrogen) atoms. The number of halogens is 2. The smallest absolute Gasteiger partial charge is 0.137 e. The van der Waals surface area contributed by atoms with Crippen molar-refractivity contribution in [2.75, 3.05) is 11.9 Å². The van der Waals surface area contributed by atoms with Gasteiger partial charge in [0.1, 0.15) is 11.7 Å². The van der Waals surface area contributed by atoms with E-state index in [1.54, 1.807) is 18.2 Å². The summed E-state index contributed by atoms with van der Waals surface area (Å²) in [7, 11) is 1.93. The predicted molar refractivity (Wildman–Crippen MR) is 83.7 cm³/mol. The van der Waals surface area contributed by atoms with Crippen LogP contribution in [-0.2, 0) is 6.54 Å².